The fourth-order valence-electron chi connectivity index (χ4n) is 1.36. The first-order valence-corrected chi connectivity index (χ1v) is 5.83. The second-order valence-corrected chi connectivity index (χ2v) is 4.41. The monoisotopic (exact) mass is 330 g/mol. The van der Waals surface area contributed by atoms with Crippen LogP contribution in [0.4, 0.5) is 18.9 Å². The number of amides is 1. The van der Waals surface area contributed by atoms with E-state index < -0.39 is 23.4 Å². The molecule has 1 aromatic heterocycles. The highest BCUT2D eigenvalue weighted by atomic mass is 79.9. The lowest BCUT2D eigenvalue weighted by molar-refractivity contribution is 0.102. The van der Waals surface area contributed by atoms with Gasteiger partial charge in [-0.15, -0.1) is 0 Å². The molecule has 0 fully saturated rings. The molecule has 1 amide bonds. The van der Waals surface area contributed by atoms with E-state index in [-0.39, 0.29) is 15.7 Å². The lowest BCUT2D eigenvalue weighted by Crippen LogP contribution is -2.14. The van der Waals surface area contributed by atoms with Crippen molar-refractivity contribution in [2.75, 3.05) is 5.32 Å². The van der Waals surface area contributed by atoms with E-state index in [0.717, 1.165) is 18.3 Å². The Morgan fingerprint density at radius 3 is 2.53 bits per heavy atom. The normalized spacial score (nSPS) is 10.3. The van der Waals surface area contributed by atoms with E-state index in [1.807, 2.05) is 0 Å². The molecule has 2 rings (SSSR count). The minimum Gasteiger partial charge on any atom is -0.319 e. The molecule has 0 aliphatic rings. The number of halogens is 4. The van der Waals surface area contributed by atoms with E-state index in [1.165, 1.54) is 12.3 Å². The highest BCUT2D eigenvalue weighted by molar-refractivity contribution is 9.10. The predicted octanol–water partition coefficient (Wildman–Crippen LogP) is 3.51. The Kier molecular flexibility index (Phi) is 3.84. The number of rotatable bonds is 2. The highest BCUT2D eigenvalue weighted by Crippen LogP contribution is 2.22. The van der Waals surface area contributed by atoms with Crippen molar-refractivity contribution in [3.8, 4) is 0 Å². The minimum atomic E-state index is -1.16. The van der Waals surface area contributed by atoms with Gasteiger partial charge in [-0.2, -0.15) is 0 Å². The maximum atomic E-state index is 13.3. The van der Waals surface area contributed by atoms with Gasteiger partial charge in [0.2, 0.25) is 0 Å². The number of carbonyl (C=O) groups is 1. The number of hydrogen-bond acceptors (Lipinski definition) is 2. The third-order valence-corrected chi connectivity index (χ3v) is 2.93. The molecule has 2 aromatic rings. The number of anilines is 1. The first kappa shape index (κ1) is 13.5. The van der Waals surface area contributed by atoms with E-state index in [0.29, 0.717) is 0 Å². The average Bonchev–Trinajstić information content (AvgIpc) is 2.36. The van der Waals surface area contributed by atoms with E-state index in [4.69, 9.17) is 0 Å². The van der Waals surface area contributed by atoms with Crippen molar-refractivity contribution < 1.29 is 18.0 Å². The third kappa shape index (κ3) is 2.93. The van der Waals surface area contributed by atoms with Gasteiger partial charge in [-0.1, -0.05) is 0 Å². The summed E-state index contributed by atoms with van der Waals surface area (Å²) in [6.07, 6.45) is 2.22. The van der Waals surface area contributed by atoms with Gasteiger partial charge in [-0.05, 0) is 34.1 Å². The van der Waals surface area contributed by atoms with Crippen LogP contribution in [0.2, 0.25) is 0 Å². The minimum absolute atomic E-state index is 0.0679. The molecule has 7 heteroatoms. The van der Waals surface area contributed by atoms with Crippen LogP contribution < -0.4 is 5.32 Å². The van der Waals surface area contributed by atoms with Crippen molar-refractivity contribution >= 4 is 27.5 Å². The van der Waals surface area contributed by atoms with Gasteiger partial charge in [0.25, 0.3) is 5.91 Å². The Bertz CT molecular complexity index is 649. The molecule has 0 bridgehead atoms. The van der Waals surface area contributed by atoms with Crippen molar-refractivity contribution in [3.63, 3.8) is 0 Å². The Labute approximate surface area is 114 Å². The highest BCUT2D eigenvalue weighted by Gasteiger charge is 2.16. The maximum absolute atomic E-state index is 13.3. The molecule has 0 aliphatic carbocycles. The summed E-state index contributed by atoms with van der Waals surface area (Å²) in [7, 11) is 0. The van der Waals surface area contributed by atoms with Gasteiger partial charge < -0.3 is 5.32 Å². The molecule has 98 valence electrons. The molecule has 1 N–H and O–H groups in total. The second-order valence-electron chi connectivity index (χ2n) is 3.56. The first-order chi connectivity index (χ1) is 8.99. The number of pyridine rings is 1. The molecule has 0 spiro atoms. The number of nitrogens with zero attached hydrogens (tertiary/aromatic N) is 1. The van der Waals surface area contributed by atoms with Crippen LogP contribution in [-0.4, -0.2) is 10.9 Å². The topological polar surface area (TPSA) is 42.0 Å². The second kappa shape index (κ2) is 5.40. The lowest BCUT2D eigenvalue weighted by Gasteiger charge is -2.08. The van der Waals surface area contributed by atoms with Gasteiger partial charge in [-0.25, -0.2) is 13.2 Å². The number of benzene rings is 1. The van der Waals surface area contributed by atoms with Crippen LogP contribution in [0.3, 0.4) is 0 Å². The molecule has 0 atom stereocenters. The van der Waals surface area contributed by atoms with Crippen LogP contribution in [0.1, 0.15) is 10.4 Å². The quantitative estimate of drug-likeness (QED) is 0.856. The molecular formula is C12H6BrF3N2O. The lowest BCUT2D eigenvalue weighted by atomic mass is 10.2. The summed E-state index contributed by atoms with van der Waals surface area (Å²) in [5.41, 5.74) is -0.244. The number of aromatic nitrogens is 1. The summed E-state index contributed by atoms with van der Waals surface area (Å²) >= 11 is 2.94. The zero-order chi connectivity index (χ0) is 14.0. The standard InChI is InChI=1S/C12H6BrF3N2O/c13-7-4-9(15)8(14)3-6(7)12(19)18-11-1-2-17-5-10(11)16/h1-5H,(H,17,18,19). The van der Waals surface area contributed by atoms with Crippen LogP contribution in [0.15, 0.2) is 35.1 Å². The molecule has 0 aliphatic heterocycles. The van der Waals surface area contributed by atoms with E-state index in [1.54, 1.807) is 0 Å². The van der Waals surface area contributed by atoms with Gasteiger partial charge in [0.15, 0.2) is 17.5 Å². The molecule has 0 saturated carbocycles. The van der Waals surface area contributed by atoms with Crippen LogP contribution in [-0.2, 0) is 0 Å². The largest absolute Gasteiger partial charge is 0.319 e. The van der Waals surface area contributed by atoms with Crippen LogP contribution >= 0.6 is 15.9 Å². The summed E-state index contributed by atoms with van der Waals surface area (Å²) < 4.78 is 39.3. The van der Waals surface area contributed by atoms with E-state index in [9.17, 15) is 18.0 Å². The van der Waals surface area contributed by atoms with Gasteiger partial charge in [-0.3, -0.25) is 9.78 Å². The fourth-order valence-corrected chi connectivity index (χ4v) is 1.86. The molecule has 0 unspecified atom stereocenters. The zero-order valence-electron chi connectivity index (χ0n) is 9.25. The summed E-state index contributed by atoms with van der Waals surface area (Å²) in [6.45, 7) is 0. The smallest absolute Gasteiger partial charge is 0.256 e. The van der Waals surface area contributed by atoms with Crippen LogP contribution in [0, 0.1) is 17.5 Å². The molecule has 1 heterocycles. The van der Waals surface area contributed by atoms with Gasteiger partial charge in [0.1, 0.15) is 0 Å². The number of nitrogens with one attached hydrogen (secondary N) is 1. The van der Waals surface area contributed by atoms with Crippen molar-refractivity contribution in [1.82, 2.24) is 4.98 Å². The van der Waals surface area contributed by atoms with Crippen molar-refractivity contribution in [2.45, 2.75) is 0 Å². The molecule has 1 aromatic carbocycles. The van der Waals surface area contributed by atoms with E-state index >= 15 is 0 Å². The first-order valence-electron chi connectivity index (χ1n) is 5.04. The SMILES string of the molecule is O=C(Nc1ccncc1F)c1cc(F)c(F)cc1Br. The van der Waals surface area contributed by atoms with Crippen molar-refractivity contribution in [2.24, 2.45) is 0 Å². The Morgan fingerprint density at radius 2 is 1.84 bits per heavy atom. The Hall–Kier alpha value is -1.89. The molecule has 19 heavy (non-hydrogen) atoms. The molecular weight excluding hydrogens is 325 g/mol. The van der Waals surface area contributed by atoms with Gasteiger partial charge in [0, 0.05) is 10.7 Å². The predicted molar refractivity (Wildman–Crippen MR) is 66.2 cm³/mol. The van der Waals surface area contributed by atoms with Crippen molar-refractivity contribution in [3.05, 3.63) is 58.1 Å². The van der Waals surface area contributed by atoms with Gasteiger partial charge in [0.05, 0.1) is 17.4 Å². The van der Waals surface area contributed by atoms with Gasteiger partial charge >= 0.3 is 0 Å². The Morgan fingerprint density at radius 1 is 1.16 bits per heavy atom. The molecule has 0 saturated heterocycles. The van der Waals surface area contributed by atoms with Crippen molar-refractivity contribution in [1.29, 1.82) is 0 Å². The molecule has 0 radical (unpaired) electrons. The number of hydrogen-bond donors (Lipinski definition) is 1. The fraction of sp³-hybridized carbons (Fsp3) is 0. The summed E-state index contributed by atoms with van der Waals surface area (Å²) in [5, 5.41) is 2.24. The summed E-state index contributed by atoms with van der Waals surface area (Å²) in [6, 6.07) is 2.81. The van der Waals surface area contributed by atoms with E-state index in [2.05, 4.69) is 26.2 Å². The van der Waals surface area contributed by atoms with Crippen LogP contribution in [0.25, 0.3) is 0 Å². The third-order valence-electron chi connectivity index (χ3n) is 2.28. The Balaban J connectivity index is 2.31. The summed E-state index contributed by atoms with van der Waals surface area (Å²) in [4.78, 5) is 15.4. The average molecular weight is 331 g/mol. The number of carbonyl (C=O) groups excluding carboxylic acids is 1. The summed E-state index contributed by atoms with van der Waals surface area (Å²) in [5.74, 6) is -3.74. The molecule has 3 nitrogen and oxygen atoms in total. The maximum Gasteiger partial charge on any atom is 0.256 e. The zero-order valence-corrected chi connectivity index (χ0v) is 10.8. The van der Waals surface area contributed by atoms with Crippen LogP contribution in [0.5, 0.6) is 0 Å².